The molecule has 4 aromatic rings. The van der Waals surface area contributed by atoms with Gasteiger partial charge in [-0.1, -0.05) is 24.3 Å². The van der Waals surface area contributed by atoms with Gasteiger partial charge in [0.1, 0.15) is 5.82 Å². The van der Waals surface area contributed by atoms with Gasteiger partial charge in [0, 0.05) is 26.2 Å². The molecular formula is C22H22N6O2. The lowest BCUT2D eigenvalue weighted by Gasteiger charge is -2.35. The fraction of sp³-hybridized carbons (Fsp3) is 0.273. The van der Waals surface area contributed by atoms with E-state index in [1.54, 1.807) is 10.8 Å². The quantitative estimate of drug-likeness (QED) is 0.522. The molecule has 5 rings (SSSR count). The summed E-state index contributed by atoms with van der Waals surface area (Å²) in [5, 5.41) is 13.1. The van der Waals surface area contributed by atoms with Crippen molar-refractivity contribution in [2.75, 3.05) is 31.1 Å². The SMILES string of the molecule is Cc1ccccc1CC(=O)N1CCN(c2ccc3nnc(-c4ccco4)n3n2)CC1. The minimum Gasteiger partial charge on any atom is -0.461 e. The van der Waals surface area contributed by atoms with Crippen molar-refractivity contribution in [2.45, 2.75) is 13.3 Å². The number of hydrogen-bond acceptors (Lipinski definition) is 6. The van der Waals surface area contributed by atoms with Crippen LogP contribution in [-0.4, -0.2) is 56.8 Å². The lowest BCUT2D eigenvalue weighted by atomic mass is 10.1. The van der Waals surface area contributed by atoms with Crippen LogP contribution in [0.3, 0.4) is 0 Å². The second-order valence-electron chi connectivity index (χ2n) is 7.43. The Balaban J connectivity index is 1.28. The molecule has 152 valence electrons. The number of furan rings is 1. The molecule has 8 heteroatoms. The lowest BCUT2D eigenvalue weighted by molar-refractivity contribution is -0.130. The first-order valence-electron chi connectivity index (χ1n) is 10.0. The molecule has 0 N–H and O–H groups in total. The van der Waals surface area contributed by atoms with Crippen molar-refractivity contribution >= 4 is 17.4 Å². The molecule has 1 amide bonds. The van der Waals surface area contributed by atoms with Crippen LogP contribution in [0.2, 0.25) is 0 Å². The highest BCUT2D eigenvalue weighted by Crippen LogP contribution is 2.21. The topological polar surface area (TPSA) is 79.8 Å². The van der Waals surface area contributed by atoms with Gasteiger partial charge >= 0.3 is 0 Å². The molecule has 3 aromatic heterocycles. The number of rotatable bonds is 4. The van der Waals surface area contributed by atoms with E-state index in [1.165, 1.54) is 0 Å². The van der Waals surface area contributed by atoms with Gasteiger partial charge in [-0.05, 0) is 42.3 Å². The number of carbonyl (C=O) groups is 1. The van der Waals surface area contributed by atoms with E-state index in [-0.39, 0.29) is 5.91 Å². The average molecular weight is 402 g/mol. The van der Waals surface area contributed by atoms with Crippen LogP contribution < -0.4 is 4.90 Å². The Kier molecular flexibility index (Phi) is 4.66. The number of aryl methyl sites for hydroxylation is 1. The van der Waals surface area contributed by atoms with Crippen molar-refractivity contribution < 1.29 is 9.21 Å². The highest BCUT2D eigenvalue weighted by molar-refractivity contribution is 5.79. The van der Waals surface area contributed by atoms with E-state index >= 15 is 0 Å². The van der Waals surface area contributed by atoms with Gasteiger partial charge in [-0.25, -0.2) is 0 Å². The van der Waals surface area contributed by atoms with Crippen molar-refractivity contribution in [3.05, 3.63) is 65.9 Å². The Hall–Kier alpha value is -3.68. The Morgan fingerprint density at radius 2 is 1.83 bits per heavy atom. The zero-order valence-electron chi connectivity index (χ0n) is 16.7. The third-order valence-corrected chi connectivity index (χ3v) is 5.55. The number of anilines is 1. The molecule has 1 aromatic carbocycles. The van der Waals surface area contributed by atoms with Crippen LogP contribution in [0, 0.1) is 6.92 Å². The van der Waals surface area contributed by atoms with Crippen molar-refractivity contribution in [3.63, 3.8) is 0 Å². The van der Waals surface area contributed by atoms with Gasteiger partial charge < -0.3 is 14.2 Å². The summed E-state index contributed by atoms with van der Waals surface area (Å²) in [4.78, 5) is 16.9. The fourth-order valence-corrected chi connectivity index (χ4v) is 3.78. The van der Waals surface area contributed by atoms with Gasteiger partial charge in [0.2, 0.25) is 11.7 Å². The van der Waals surface area contributed by atoms with E-state index in [2.05, 4.69) is 15.1 Å². The number of carbonyl (C=O) groups excluding carboxylic acids is 1. The number of amides is 1. The summed E-state index contributed by atoms with van der Waals surface area (Å²) in [7, 11) is 0. The fourth-order valence-electron chi connectivity index (χ4n) is 3.78. The normalized spacial score (nSPS) is 14.4. The minimum atomic E-state index is 0.172. The maximum atomic E-state index is 12.7. The summed E-state index contributed by atoms with van der Waals surface area (Å²) in [6, 6.07) is 15.5. The molecule has 0 aliphatic carbocycles. The Morgan fingerprint density at radius 3 is 2.60 bits per heavy atom. The molecule has 0 saturated carbocycles. The van der Waals surface area contributed by atoms with Crippen LogP contribution in [0.1, 0.15) is 11.1 Å². The molecule has 0 radical (unpaired) electrons. The van der Waals surface area contributed by atoms with Gasteiger partial charge in [-0.3, -0.25) is 4.79 Å². The van der Waals surface area contributed by atoms with Crippen LogP contribution in [0.15, 0.2) is 59.2 Å². The van der Waals surface area contributed by atoms with Crippen LogP contribution in [0.5, 0.6) is 0 Å². The standard InChI is InChI=1S/C22H22N6O2/c1-16-5-2-3-6-17(16)15-21(29)27-12-10-26(11-13-27)20-9-8-19-23-24-22(28(19)25-20)18-7-4-14-30-18/h2-9,14H,10-13,15H2,1H3. The van der Waals surface area contributed by atoms with E-state index in [0.717, 1.165) is 30.0 Å². The zero-order valence-corrected chi connectivity index (χ0v) is 16.7. The summed E-state index contributed by atoms with van der Waals surface area (Å²) < 4.78 is 7.15. The molecule has 0 unspecified atom stereocenters. The van der Waals surface area contributed by atoms with Gasteiger partial charge in [0.25, 0.3) is 0 Å². The third kappa shape index (κ3) is 3.41. The molecule has 8 nitrogen and oxygen atoms in total. The van der Waals surface area contributed by atoms with Crippen LogP contribution in [-0.2, 0) is 11.2 Å². The zero-order chi connectivity index (χ0) is 20.5. The smallest absolute Gasteiger partial charge is 0.227 e. The van der Waals surface area contributed by atoms with Crippen molar-refractivity contribution in [1.82, 2.24) is 24.7 Å². The Bertz CT molecular complexity index is 1180. The molecule has 0 atom stereocenters. The molecule has 1 aliphatic heterocycles. The molecule has 1 aliphatic rings. The molecule has 1 fully saturated rings. The first kappa shape index (κ1) is 18.4. The molecule has 0 bridgehead atoms. The molecule has 30 heavy (non-hydrogen) atoms. The van der Waals surface area contributed by atoms with Crippen molar-refractivity contribution in [2.24, 2.45) is 0 Å². The predicted octanol–water partition coefficient (Wildman–Crippen LogP) is 2.58. The number of fused-ring (bicyclic) bond motifs is 1. The van der Waals surface area contributed by atoms with Gasteiger partial charge in [0.15, 0.2) is 11.4 Å². The van der Waals surface area contributed by atoms with E-state index in [9.17, 15) is 4.79 Å². The Labute approximate surface area is 173 Å². The first-order valence-corrected chi connectivity index (χ1v) is 10.0. The van der Waals surface area contributed by atoms with Gasteiger partial charge in [0.05, 0.1) is 12.7 Å². The molecule has 1 saturated heterocycles. The average Bonchev–Trinajstić information content (AvgIpc) is 3.44. The number of aromatic nitrogens is 4. The minimum absolute atomic E-state index is 0.172. The summed E-state index contributed by atoms with van der Waals surface area (Å²) in [6.45, 7) is 4.87. The summed E-state index contributed by atoms with van der Waals surface area (Å²) in [5.41, 5.74) is 2.91. The molecule has 4 heterocycles. The van der Waals surface area contributed by atoms with E-state index in [1.807, 2.05) is 60.4 Å². The van der Waals surface area contributed by atoms with Crippen LogP contribution >= 0.6 is 0 Å². The lowest BCUT2D eigenvalue weighted by Crippen LogP contribution is -2.49. The van der Waals surface area contributed by atoms with Crippen LogP contribution in [0.4, 0.5) is 5.82 Å². The molecule has 0 spiro atoms. The second-order valence-corrected chi connectivity index (χ2v) is 7.43. The Morgan fingerprint density at radius 1 is 1.00 bits per heavy atom. The predicted molar refractivity (Wildman–Crippen MR) is 112 cm³/mol. The van der Waals surface area contributed by atoms with E-state index < -0.39 is 0 Å². The largest absolute Gasteiger partial charge is 0.461 e. The number of nitrogens with zero attached hydrogens (tertiary/aromatic N) is 6. The summed E-state index contributed by atoms with van der Waals surface area (Å²) >= 11 is 0. The van der Waals surface area contributed by atoms with E-state index in [4.69, 9.17) is 9.52 Å². The summed E-state index contributed by atoms with van der Waals surface area (Å²) in [6.07, 6.45) is 2.05. The first-order chi connectivity index (χ1) is 14.7. The summed E-state index contributed by atoms with van der Waals surface area (Å²) in [5.74, 6) is 2.20. The van der Waals surface area contributed by atoms with Crippen molar-refractivity contribution in [3.8, 4) is 11.6 Å². The highest BCUT2D eigenvalue weighted by Gasteiger charge is 2.23. The number of piperazine rings is 1. The monoisotopic (exact) mass is 402 g/mol. The maximum absolute atomic E-state index is 12.7. The maximum Gasteiger partial charge on any atom is 0.227 e. The second kappa shape index (κ2) is 7.62. The molecular weight excluding hydrogens is 380 g/mol. The van der Waals surface area contributed by atoms with Gasteiger partial charge in [-0.2, -0.15) is 4.52 Å². The van der Waals surface area contributed by atoms with Crippen LogP contribution in [0.25, 0.3) is 17.2 Å². The number of benzene rings is 1. The van der Waals surface area contributed by atoms with Gasteiger partial charge in [-0.15, -0.1) is 15.3 Å². The highest BCUT2D eigenvalue weighted by atomic mass is 16.3. The number of hydrogen-bond donors (Lipinski definition) is 0. The van der Waals surface area contributed by atoms with E-state index in [0.29, 0.717) is 36.7 Å². The van der Waals surface area contributed by atoms with Crippen molar-refractivity contribution in [1.29, 1.82) is 0 Å². The third-order valence-electron chi connectivity index (χ3n) is 5.55.